The molecule has 1 heterocycles. The molecule has 0 aliphatic carbocycles. The molecule has 25 heavy (non-hydrogen) atoms. The van der Waals surface area contributed by atoms with E-state index in [1.807, 2.05) is 50.2 Å². The highest BCUT2D eigenvalue weighted by atomic mass is 16.5. The van der Waals surface area contributed by atoms with Gasteiger partial charge in [0.15, 0.2) is 6.61 Å². The molecule has 0 fully saturated rings. The molecule has 5 nitrogen and oxygen atoms in total. The number of aryl methyl sites for hydroxylation is 2. The second-order valence-electron chi connectivity index (χ2n) is 5.82. The molecule has 5 heteroatoms. The number of nitrogens with zero attached hydrogens (tertiary/aromatic N) is 1. The molecule has 2 aromatic carbocycles. The predicted octanol–water partition coefficient (Wildman–Crippen LogP) is 3.65. The van der Waals surface area contributed by atoms with Gasteiger partial charge >= 0.3 is 5.97 Å². The van der Waals surface area contributed by atoms with Crippen molar-refractivity contribution in [2.24, 2.45) is 0 Å². The number of carbonyl (C=O) groups excluding carboxylic acids is 2. The Morgan fingerprint density at radius 2 is 1.76 bits per heavy atom. The molecule has 0 aliphatic rings. The third kappa shape index (κ3) is 4.01. The molecule has 0 saturated carbocycles. The maximum absolute atomic E-state index is 12.4. The Balaban J connectivity index is 1.68. The first kappa shape index (κ1) is 16.6. The zero-order chi connectivity index (χ0) is 17.8. The second kappa shape index (κ2) is 7.13. The largest absolute Gasteiger partial charge is 0.452 e. The van der Waals surface area contributed by atoms with Crippen LogP contribution in [0.15, 0.2) is 54.6 Å². The van der Waals surface area contributed by atoms with E-state index < -0.39 is 5.97 Å². The molecule has 0 aliphatic heterocycles. The molecular formula is C20H18N2O3. The van der Waals surface area contributed by atoms with Crippen molar-refractivity contribution in [1.29, 1.82) is 0 Å². The van der Waals surface area contributed by atoms with Crippen molar-refractivity contribution >= 4 is 28.5 Å². The van der Waals surface area contributed by atoms with Crippen LogP contribution in [-0.4, -0.2) is 23.5 Å². The Labute approximate surface area is 145 Å². The smallest absolute Gasteiger partial charge is 0.339 e. The lowest BCUT2D eigenvalue weighted by Gasteiger charge is -2.09. The predicted molar refractivity (Wildman–Crippen MR) is 96.6 cm³/mol. The van der Waals surface area contributed by atoms with Gasteiger partial charge in [0.05, 0.1) is 11.1 Å². The van der Waals surface area contributed by atoms with Gasteiger partial charge < -0.3 is 10.1 Å². The van der Waals surface area contributed by atoms with E-state index in [-0.39, 0.29) is 12.5 Å². The minimum Gasteiger partial charge on any atom is -0.452 e. The van der Waals surface area contributed by atoms with Crippen LogP contribution in [-0.2, 0) is 9.53 Å². The van der Waals surface area contributed by atoms with Gasteiger partial charge in [0.1, 0.15) is 0 Å². The fraction of sp³-hybridized carbons (Fsp3) is 0.150. The average molecular weight is 334 g/mol. The van der Waals surface area contributed by atoms with Gasteiger partial charge in [-0.3, -0.25) is 9.78 Å². The van der Waals surface area contributed by atoms with Crippen molar-refractivity contribution in [1.82, 2.24) is 4.98 Å². The molecule has 0 bridgehead atoms. The van der Waals surface area contributed by atoms with E-state index in [0.29, 0.717) is 16.6 Å². The van der Waals surface area contributed by atoms with Crippen molar-refractivity contribution < 1.29 is 14.3 Å². The van der Waals surface area contributed by atoms with Crippen molar-refractivity contribution in [3.8, 4) is 0 Å². The molecule has 0 saturated heterocycles. The Kier molecular flexibility index (Phi) is 4.75. The molecule has 1 N–H and O–H groups in total. The Morgan fingerprint density at radius 3 is 2.52 bits per heavy atom. The van der Waals surface area contributed by atoms with Crippen LogP contribution in [0, 0.1) is 13.8 Å². The van der Waals surface area contributed by atoms with E-state index in [0.717, 1.165) is 16.8 Å². The number of fused-ring (bicyclic) bond motifs is 1. The summed E-state index contributed by atoms with van der Waals surface area (Å²) in [6.45, 7) is 3.43. The molecule has 126 valence electrons. The zero-order valence-corrected chi connectivity index (χ0v) is 14.1. The van der Waals surface area contributed by atoms with Crippen LogP contribution < -0.4 is 5.32 Å². The number of benzene rings is 2. The summed E-state index contributed by atoms with van der Waals surface area (Å²) in [6, 6.07) is 16.4. The van der Waals surface area contributed by atoms with Crippen LogP contribution in [0.1, 0.15) is 21.6 Å². The number of amides is 1. The summed E-state index contributed by atoms with van der Waals surface area (Å²) in [4.78, 5) is 28.7. The standard InChI is InChI=1S/C20H18N2O3/c1-13-7-9-15(10-8-13)22-19(23)12-25-20(24)17-11-14(2)21-18-6-4-3-5-16(17)18/h3-11H,12H2,1-2H3,(H,22,23). The van der Waals surface area contributed by atoms with Crippen LogP contribution in [0.3, 0.4) is 0 Å². The van der Waals surface area contributed by atoms with Crippen LogP contribution in [0.4, 0.5) is 5.69 Å². The van der Waals surface area contributed by atoms with E-state index >= 15 is 0 Å². The normalized spacial score (nSPS) is 10.5. The Bertz CT molecular complexity index is 933. The van der Waals surface area contributed by atoms with Gasteiger partial charge in [-0.25, -0.2) is 4.79 Å². The average Bonchev–Trinajstić information content (AvgIpc) is 2.61. The highest BCUT2D eigenvalue weighted by molar-refractivity contribution is 6.04. The number of aromatic nitrogens is 1. The number of esters is 1. The molecule has 1 aromatic heterocycles. The minimum atomic E-state index is -0.541. The monoisotopic (exact) mass is 334 g/mol. The SMILES string of the molecule is Cc1ccc(NC(=O)COC(=O)c2cc(C)nc3ccccc23)cc1. The summed E-state index contributed by atoms with van der Waals surface area (Å²) in [5.41, 5.74) is 3.61. The molecule has 3 aromatic rings. The lowest BCUT2D eigenvalue weighted by Crippen LogP contribution is -2.21. The van der Waals surface area contributed by atoms with Gasteiger partial charge in [0.2, 0.25) is 0 Å². The van der Waals surface area contributed by atoms with Crippen LogP contribution in [0.5, 0.6) is 0 Å². The fourth-order valence-electron chi connectivity index (χ4n) is 2.52. The number of nitrogens with one attached hydrogen (secondary N) is 1. The Hall–Kier alpha value is -3.21. The van der Waals surface area contributed by atoms with Crippen LogP contribution >= 0.6 is 0 Å². The first-order valence-electron chi connectivity index (χ1n) is 7.93. The molecule has 0 radical (unpaired) electrons. The maximum atomic E-state index is 12.4. The van der Waals surface area contributed by atoms with E-state index in [1.54, 1.807) is 18.2 Å². The summed E-state index contributed by atoms with van der Waals surface area (Å²) in [5, 5.41) is 3.40. The third-order valence-corrected chi connectivity index (χ3v) is 3.73. The third-order valence-electron chi connectivity index (χ3n) is 3.73. The lowest BCUT2D eigenvalue weighted by atomic mass is 10.1. The number of rotatable bonds is 4. The molecule has 0 spiro atoms. The summed E-state index contributed by atoms with van der Waals surface area (Å²) in [7, 11) is 0. The first-order valence-corrected chi connectivity index (χ1v) is 7.93. The minimum absolute atomic E-state index is 0.345. The van der Waals surface area contributed by atoms with Gasteiger partial charge in [-0.1, -0.05) is 35.9 Å². The number of anilines is 1. The van der Waals surface area contributed by atoms with Gasteiger partial charge in [0.25, 0.3) is 5.91 Å². The molecule has 1 amide bonds. The van der Waals surface area contributed by atoms with E-state index in [1.165, 1.54) is 0 Å². The molecule has 0 atom stereocenters. The van der Waals surface area contributed by atoms with Crippen molar-refractivity contribution in [2.75, 3.05) is 11.9 Å². The van der Waals surface area contributed by atoms with Crippen molar-refractivity contribution in [2.45, 2.75) is 13.8 Å². The number of hydrogen-bond donors (Lipinski definition) is 1. The van der Waals surface area contributed by atoms with Crippen LogP contribution in [0.25, 0.3) is 10.9 Å². The van der Waals surface area contributed by atoms with E-state index in [9.17, 15) is 9.59 Å². The summed E-state index contributed by atoms with van der Waals surface area (Å²) in [5.74, 6) is -0.923. The van der Waals surface area contributed by atoms with Gasteiger partial charge in [-0.05, 0) is 38.1 Å². The molecule has 0 unspecified atom stereocenters. The number of ether oxygens (including phenoxy) is 1. The Morgan fingerprint density at radius 1 is 1.04 bits per heavy atom. The number of hydrogen-bond acceptors (Lipinski definition) is 4. The van der Waals surface area contributed by atoms with E-state index in [2.05, 4.69) is 10.3 Å². The van der Waals surface area contributed by atoms with Crippen LogP contribution in [0.2, 0.25) is 0 Å². The summed E-state index contributed by atoms with van der Waals surface area (Å²) < 4.78 is 5.17. The summed E-state index contributed by atoms with van der Waals surface area (Å²) in [6.07, 6.45) is 0. The molecule has 3 rings (SSSR count). The maximum Gasteiger partial charge on any atom is 0.339 e. The van der Waals surface area contributed by atoms with Crippen molar-refractivity contribution in [3.05, 3.63) is 71.4 Å². The fourth-order valence-corrected chi connectivity index (χ4v) is 2.52. The number of para-hydroxylation sites is 1. The second-order valence-corrected chi connectivity index (χ2v) is 5.82. The van der Waals surface area contributed by atoms with Gasteiger partial charge in [-0.15, -0.1) is 0 Å². The van der Waals surface area contributed by atoms with Crippen molar-refractivity contribution in [3.63, 3.8) is 0 Å². The van der Waals surface area contributed by atoms with E-state index in [4.69, 9.17) is 4.74 Å². The molecular weight excluding hydrogens is 316 g/mol. The van der Waals surface area contributed by atoms with Gasteiger partial charge in [0, 0.05) is 16.8 Å². The summed E-state index contributed by atoms with van der Waals surface area (Å²) >= 11 is 0. The highest BCUT2D eigenvalue weighted by Gasteiger charge is 2.15. The lowest BCUT2D eigenvalue weighted by molar-refractivity contribution is -0.119. The zero-order valence-electron chi connectivity index (χ0n) is 14.1. The number of pyridine rings is 1. The highest BCUT2D eigenvalue weighted by Crippen LogP contribution is 2.19. The number of carbonyl (C=O) groups is 2. The quantitative estimate of drug-likeness (QED) is 0.740. The first-order chi connectivity index (χ1) is 12.0. The topological polar surface area (TPSA) is 68.3 Å². The van der Waals surface area contributed by atoms with Gasteiger partial charge in [-0.2, -0.15) is 0 Å².